The smallest absolute Gasteiger partial charge is 0.222 e. The van der Waals surface area contributed by atoms with Gasteiger partial charge in [-0.2, -0.15) is 0 Å². The number of halogens is 1. The fraction of sp³-hybridized carbons (Fsp3) is 0.467. The lowest BCUT2D eigenvalue weighted by Crippen LogP contribution is -2.27. The second-order valence-corrected chi connectivity index (χ2v) is 7.82. The van der Waals surface area contributed by atoms with Crippen molar-refractivity contribution in [2.24, 2.45) is 5.92 Å². The first kappa shape index (κ1) is 16.7. The third kappa shape index (κ3) is 5.57. The highest BCUT2D eigenvalue weighted by Crippen LogP contribution is 2.24. The number of hydrogen-bond donors (Lipinski definition) is 0. The number of carbonyl (C=O) groups is 2. The largest absolute Gasteiger partial charge is 0.342 e. The number of hydrogen-bond acceptors (Lipinski definition) is 4. The molecule has 1 heterocycles. The van der Waals surface area contributed by atoms with E-state index in [1.54, 1.807) is 18.7 Å². The van der Waals surface area contributed by atoms with Crippen molar-refractivity contribution in [1.29, 1.82) is 0 Å². The molecule has 0 spiro atoms. The Morgan fingerprint density at radius 2 is 2.10 bits per heavy atom. The van der Waals surface area contributed by atoms with Gasteiger partial charge in [-0.3, -0.25) is 9.59 Å². The van der Waals surface area contributed by atoms with Crippen LogP contribution in [0, 0.1) is 5.92 Å². The zero-order chi connectivity index (χ0) is 15.2. The van der Waals surface area contributed by atoms with Crippen LogP contribution < -0.4 is 0 Å². The van der Waals surface area contributed by atoms with Crippen LogP contribution in [-0.4, -0.2) is 40.5 Å². The molecule has 0 saturated carbocycles. The standard InChI is InChI=1S/C15H18ClNO2S2/c1-11(18)21-10-12-8-15(19)17(9-12)6-7-20-14-4-2-13(16)3-5-14/h2-5,12H,6-10H2,1H3. The maximum atomic E-state index is 11.9. The van der Waals surface area contributed by atoms with Crippen LogP contribution in [0.3, 0.4) is 0 Å². The molecule has 1 amide bonds. The Labute approximate surface area is 138 Å². The van der Waals surface area contributed by atoms with Crippen molar-refractivity contribution in [3.8, 4) is 0 Å². The molecule has 21 heavy (non-hydrogen) atoms. The number of nitrogens with zero attached hydrogens (tertiary/aromatic N) is 1. The summed E-state index contributed by atoms with van der Waals surface area (Å²) in [6.45, 7) is 3.11. The van der Waals surface area contributed by atoms with Crippen molar-refractivity contribution >= 4 is 46.1 Å². The van der Waals surface area contributed by atoms with E-state index >= 15 is 0 Å². The van der Waals surface area contributed by atoms with Crippen LogP contribution >= 0.6 is 35.1 Å². The Bertz CT molecular complexity index is 507. The van der Waals surface area contributed by atoms with E-state index in [4.69, 9.17) is 11.6 Å². The Hall–Kier alpha value is -0.650. The molecular weight excluding hydrogens is 326 g/mol. The van der Waals surface area contributed by atoms with Gasteiger partial charge in [-0.1, -0.05) is 23.4 Å². The van der Waals surface area contributed by atoms with E-state index in [2.05, 4.69) is 0 Å². The molecule has 0 aromatic heterocycles. The molecule has 3 nitrogen and oxygen atoms in total. The molecule has 0 radical (unpaired) electrons. The van der Waals surface area contributed by atoms with Crippen LogP contribution in [-0.2, 0) is 9.59 Å². The monoisotopic (exact) mass is 343 g/mol. The molecular formula is C15H18ClNO2S2. The summed E-state index contributed by atoms with van der Waals surface area (Å²) in [5.74, 6) is 2.15. The summed E-state index contributed by atoms with van der Waals surface area (Å²) in [5.41, 5.74) is 0. The van der Waals surface area contributed by atoms with Gasteiger partial charge >= 0.3 is 0 Å². The molecule has 6 heteroatoms. The molecule has 2 rings (SSSR count). The zero-order valence-electron chi connectivity index (χ0n) is 11.9. The molecule has 114 valence electrons. The molecule has 1 aromatic rings. The maximum Gasteiger partial charge on any atom is 0.222 e. The molecule has 1 unspecified atom stereocenters. The van der Waals surface area contributed by atoms with Crippen LogP contribution in [0.4, 0.5) is 0 Å². The van der Waals surface area contributed by atoms with Gasteiger partial charge in [0, 0.05) is 47.9 Å². The number of amides is 1. The predicted octanol–water partition coefficient (Wildman–Crippen LogP) is 3.56. The molecule has 1 aromatic carbocycles. The minimum absolute atomic E-state index is 0.124. The number of rotatable bonds is 6. The van der Waals surface area contributed by atoms with Gasteiger partial charge in [0.25, 0.3) is 0 Å². The Kier molecular flexibility index (Phi) is 6.45. The second kappa shape index (κ2) is 8.11. The molecule has 1 fully saturated rings. The van der Waals surface area contributed by atoms with E-state index in [0.717, 1.165) is 34.5 Å². The molecule has 1 saturated heterocycles. The van der Waals surface area contributed by atoms with Crippen molar-refractivity contribution < 1.29 is 9.59 Å². The summed E-state index contributed by atoms with van der Waals surface area (Å²) < 4.78 is 0. The van der Waals surface area contributed by atoms with Gasteiger partial charge in [0.2, 0.25) is 5.91 Å². The van der Waals surface area contributed by atoms with Gasteiger partial charge in [0.15, 0.2) is 5.12 Å². The van der Waals surface area contributed by atoms with E-state index in [9.17, 15) is 9.59 Å². The second-order valence-electron chi connectivity index (χ2n) is 5.01. The lowest BCUT2D eigenvalue weighted by atomic mass is 10.1. The van der Waals surface area contributed by atoms with Crippen LogP contribution in [0.15, 0.2) is 29.2 Å². The van der Waals surface area contributed by atoms with Gasteiger partial charge < -0.3 is 4.90 Å². The molecule has 0 bridgehead atoms. The molecule has 1 aliphatic rings. The van der Waals surface area contributed by atoms with E-state index < -0.39 is 0 Å². The summed E-state index contributed by atoms with van der Waals surface area (Å²) >= 11 is 8.89. The van der Waals surface area contributed by atoms with Crippen LogP contribution in [0.1, 0.15) is 13.3 Å². The Balaban J connectivity index is 1.72. The average Bonchev–Trinajstić information content (AvgIpc) is 2.79. The highest BCUT2D eigenvalue weighted by atomic mass is 35.5. The van der Waals surface area contributed by atoms with Crippen LogP contribution in [0.25, 0.3) is 0 Å². The SMILES string of the molecule is CC(=O)SCC1CC(=O)N(CCSc2ccc(Cl)cc2)C1. The van der Waals surface area contributed by atoms with Crippen LogP contribution in [0.5, 0.6) is 0 Å². The van der Waals surface area contributed by atoms with E-state index in [1.165, 1.54) is 11.8 Å². The Morgan fingerprint density at radius 1 is 1.38 bits per heavy atom. The first-order chi connectivity index (χ1) is 10.0. The summed E-state index contributed by atoms with van der Waals surface area (Å²) in [4.78, 5) is 26.0. The van der Waals surface area contributed by atoms with Gasteiger partial charge in [-0.15, -0.1) is 11.8 Å². The van der Waals surface area contributed by atoms with Crippen molar-refractivity contribution in [1.82, 2.24) is 4.90 Å². The van der Waals surface area contributed by atoms with Crippen LogP contribution in [0.2, 0.25) is 5.02 Å². The lowest BCUT2D eigenvalue weighted by molar-refractivity contribution is -0.127. The maximum absolute atomic E-state index is 11.9. The number of likely N-dealkylation sites (tertiary alicyclic amines) is 1. The highest BCUT2D eigenvalue weighted by molar-refractivity contribution is 8.13. The van der Waals surface area contributed by atoms with Crippen molar-refractivity contribution in [3.05, 3.63) is 29.3 Å². The minimum Gasteiger partial charge on any atom is -0.342 e. The lowest BCUT2D eigenvalue weighted by Gasteiger charge is -2.16. The molecule has 1 atom stereocenters. The normalized spacial score (nSPS) is 18.3. The predicted molar refractivity (Wildman–Crippen MR) is 90.0 cm³/mol. The third-order valence-electron chi connectivity index (χ3n) is 3.26. The first-order valence-electron chi connectivity index (χ1n) is 6.84. The van der Waals surface area contributed by atoms with Gasteiger partial charge in [0.05, 0.1) is 0 Å². The highest BCUT2D eigenvalue weighted by Gasteiger charge is 2.29. The fourth-order valence-corrected chi connectivity index (χ4v) is 3.92. The van der Waals surface area contributed by atoms with E-state index in [0.29, 0.717) is 12.3 Å². The topological polar surface area (TPSA) is 37.4 Å². The minimum atomic E-state index is 0.124. The van der Waals surface area contributed by atoms with Crippen molar-refractivity contribution in [2.75, 3.05) is 24.6 Å². The van der Waals surface area contributed by atoms with E-state index in [-0.39, 0.29) is 11.0 Å². The zero-order valence-corrected chi connectivity index (χ0v) is 14.3. The Morgan fingerprint density at radius 3 is 2.76 bits per heavy atom. The van der Waals surface area contributed by atoms with Gasteiger partial charge in [-0.05, 0) is 30.2 Å². The van der Waals surface area contributed by atoms with Crippen molar-refractivity contribution in [3.63, 3.8) is 0 Å². The third-order valence-corrected chi connectivity index (χ3v) is 5.55. The summed E-state index contributed by atoms with van der Waals surface area (Å²) in [6, 6.07) is 7.73. The first-order valence-corrected chi connectivity index (χ1v) is 9.19. The van der Waals surface area contributed by atoms with E-state index in [1.807, 2.05) is 29.2 Å². The molecule has 1 aliphatic heterocycles. The number of carbonyl (C=O) groups excluding carboxylic acids is 2. The fourth-order valence-electron chi connectivity index (χ4n) is 2.22. The summed E-state index contributed by atoms with van der Waals surface area (Å²) in [5, 5.41) is 0.860. The number of thioether (sulfide) groups is 2. The summed E-state index contributed by atoms with van der Waals surface area (Å²) in [6.07, 6.45) is 0.575. The molecule has 0 aliphatic carbocycles. The number of benzene rings is 1. The molecule has 0 N–H and O–H groups in total. The average molecular weight is 344 g/mol. The van der Waals surface area contributed by atoms with Gasteiger partial charge in [-0.25, -0.2) is 0 Å². The van der Waals surface area contributed by atoms with Gasteiger partial charge in [0.1, 0.15) is 0 Å². The quantitative estimate of drug-likeness (QED) is 0.740. The van der Waals surface area contributed by atoms with Crippen molar-refractivity contribution in [2.45, 2.75) is 18.2 Å². The summed E-state index contributed by atoms with van der Waals surface area (Å²) in [7, 11) is 0.